The van der Waals surface area contributed by atoms with Crippen molar-refractivity contribution in [3.05, 3.63) is 57.8 Å². The van der Waals surface area contributed by atoms with E-state index in [9.17, 15) is 9.18 Å². The van der Waals surface area contributed by atoms with Crippen LogP contribution < -0.4 is 15.5 Å². The Morgan fingerprint density at radius 1 is 1.21 bits per heavy atom. The van der Waals surface area contributed by atoms with Gasteiger partial charge < -0.3 is 15.5 Å². The number of fused-ring (bicyclic) bond motifs is 1. The second-order valence-electron chi connectivity index (χ2n) is 5.46. The van der Waals surface area contributed by atoms with Crippen molar-refractivity contribution in [3.8, 4) is 0 Å². The van der Waals surface area contributed by atoms with Crippen LogP contribution in [0.25, 0.3) is 0 Å². The topological polar surface area (TPSA) is 44.4 Å². The third kappa shape index (κ3) is 3.57. The first-order valence-corrected chi connectivity index (χ1v) is 8.33. The van der Waals surface area contributed by atoms with Crippen LogP contribution in [0.2, 0.25) is 10.0 Å². The van der Waals surface area contributed by atoms with Gasteiger partial charge >= 0.3 is 6.03 Å². The monoisotopic (exact) mass is 367 g/mol. The molecule has 0 spiro atoms. The molecule has 126 valence electrons. The lowest BCUT2D eigenvalue weighted by Gasteiger charge is -2.19. The van der Waals surface area contributed by atoms with Crippen LogP contribution in [-0.2, 0) is 6.42 Å². The van der Waals surface area contributed by atoms with Crippen LogP contribution in [0.4, 0.5) is 20.6 Å². The number of anilines is 2. The molecule has 2 aromatic rings. The van der Waals surface area contributed by atoms with Gasteiger partial charge in [-0.1, -0.05) is 35.3 Å². The maximum Gasteiger partial charge on any atom is 0.319 e. The Balaban J connectivity index is 1.52. The SMILES string of the molecule is O=C(NCCN1CCc2c(F)cccc21)Nc1cccc(Cl)c1Cl. The number of hydrogen-bond donors (Lipinski definition) is 2. The van der Waals surface area contributed by atoms with E-state index in [4.69, 9.17) is 23.2 Å². The molecule has 0 bridgehead atoms. The molecule has 1 aliphatic rings. The van der Waals surface area contributed by atoms with E-state index in [0.717, 1.165) is 17.8 Å². The number of urea groups is 1. The van der Waals surface area contributed by atoms with Crippen molar-refractivity contribution < 1.29 is 9.18 Å². The predicted octanol–water partition coefficient (Wildman–Crippen LogP) is 4.32. The summed E-state index contributed by atoms with van der Waals surface area (Å²) >= 11 is 11.9. The van der Waals surface area contributed by atoms with Gasteiger partial charge in [0.25, 0.3) is 0 Å². The molecular weight excluding hydrogens is 352 g/mol. The molecule has 2 aromatic carbocycles. The average Bonchev–Trinajstić information content (AvgIpc) is 2.97. The van der Waals surface area contributed by atoms with Gasteiger partial charge in [-0.15, -0.1) is 0 Å². The maximum atomic E-state index is 13.7. The number of carbonyl (C=O) groups is 1. The first-order valence-electron chi connectivity index (χ1n) is 7.57. The Labute approximate surface area is 149 Å². The number of amides is 2. The maximum absolute atomic E-state index is 13.7. The largest absolute Gasteiger partial charge is 0.369 e. The second kappa shape index (κ2) is 7.28. The van der Waals surface area contributed by atoms with E-state index in [0.29, 0.717) is 35.2 Å². The van der Waals surface area contributed by atoms with E-state index < -0.39 is 0 Å². The number of nitrogens with zero attached hydrogens (tertiary/aromatic N) is 1. The number of nitrogens with one attached hydrogen (secondary N) is 2. The molecule has 2 N–H and O–H groups in total. The molecule has 0 saturated carbocycles. The van der Waals surface area contributed by atoms with Crippen LogP contribution in [0.1, 0.15) is 5.56 Å². The van der Waals surface area contributed by atoms with Crippen molar-refractivity contribution in [2.75, 3.05) is 29.9 Å². The molecule has 4 nitrogen and oxygen atoms in total. The van der Waals surface area contributed by atoms with Gasteiger partial charge in [0, 0.05) is 30.9 Å². The molecule has 7 heteroatoms. The molecule has 0 fully saturated rings. The normalized spacial score (nSPS) is 12.9. The molecule has 0 aliphatic carbocycles. The van der Waals surface area contributed by atoms with E-state index in [-0.39, 0.29) is 11.8 Å². The van der Waals surface area contributed by atoms with E-state index in [1.807, 2.05) is 6.07 Å². The fourth-order valence-electron chi connectivity index (χ4n) is 2.76. The number of rotatable bonds is 4. The first-order chi connectivity index (χ1) is 11.6. The Hall–Kier alpha value is -1.98. The summed E-state index contributed by atoms with van der Waals surface area (Å²) in [7, 11) is 0. The lowest BCUT2D eigenvalue weighted by molar-refractivity contribution is 0.252. The third-order valence-corrected chi connectivity index (χ3v) is 4.75. The minimum atomic E-state index is -0.363. The highest BCUT2D eigenvalue weighted by molar-refractivity contribution is 6.43. The fraction of sp³-hybridized carbons (Fsp3) is 0.235. The third-order valence-electron chi connectivity index (χ3n) is 3.93. The standard InChI is InChI=1S/C17H16Cl2FN3O/c18-12-3-1-5-14(16(12)19)22-17(24)21-8-10-23-9-7-11-13(20)4-2-6-15(11)23/h1-6H,7-10H2,(H2,21,22,24). The van der Waals surface area contributed by atoms with Crippen molar-refractivity contribution in [2.24, 2.45) is 0 Å². The smallest absolute Gasteiger partial charge is 0.319 e. The summed E-state index contributed by atoms with van der Waals surface area (Å²) in [5.41, 5.74) is 2.10. The first kappa shape index (κ1) is 16.9. The fourth-order valence-corrected chi connectivity index (χ4v) is 3.11. The van der Waals surface area contributed by atoms with Crippen molar-refractivity contribution >= 4 is 40.6 Å². The van der Waals surface area contributed by atoms with Crippen LogP contribution in [0.15, 0.2) is 36.4 Å². The summed E-state index contributed by atoms with van der Waals surface area (Å²) in [5, 5.41) is 6.11. The van der Waals surface area contributed by atoms with Gasteiger partial charge in [-0.25, -0.2) is 9.18 Å². The van der Waals surface area contributed by atoms with Gasteiger partial charge in [0.15, 0.2) is 0 Å². The van der Waals surface area contributed by atoms with Crippen LogP contribution in [-0.4, -0.2) is 25.7 Å². The van der Waals surface area contributed by atoms with Gasteiger partial charge in [-0.2, -0.15) is 0 Å². The highest BCUT2D eigenvalue weighted by Gasteiger charge is 2.21. The molecule has 0 saturated heterocycles. The predicted molar refractivity (Wildman–Crippen MR) is 95.8 cm³/mol. The number of halogens is 3. The molecule has 0 unspecified atom stereocenters. The molecule has 0 atom stereocenters. The summed E-state index contributed by atoms with van der Waals surface area (Å²) in [6.07, 6.45) is 0.687. The second-order valence-corrected chi connectivity index (χ2v) is 6.24. The highest BCUT2D eigenvalue weighted by atomic mass is 35.5. The Kier molecular flexibility index (Phi) is 5.11. The zero-order chi connectivity index (χ0) is 17.1. The number of hydrogen-bond acceptors (Lipinski definition) is 2. The van der Waals surface area contributed by atoms with E-state index in [2.05, 4.69) is 15.5 Å². The van der Waals surface area contributed by atoms with E-state index in [1.165, 1.54) is 6.07 Å². The van der Waals surface area contributed by atoms with Gasteiger partial charge in [0.1, 0.15) is 5.82 Å². The summed E-state index contributed by atoms with van der Waals surface area (Å²) in [6, 6.07) is 9.75. The van der Waals surface area contributed by atoms with Gasteiger partial charge in [0.05, 0.1) is 15.7 Å². The van der Waals surface area contributed by atoms with Crippen LogP contribution in [0.3, 0.4) is 0 Å². The van der Waals surface area contributed by atoms with Crippen molar-refractivity contribution in [1.82, 2.24) is 5.32 Å². The Morgan fingerprint density at radius 2 is 2.00 bits per heavy atom. The Morgan fingerprint density at radius 3 is 2.83 bits per heavy atom. The van der Waals surface area contributed by atoms with Crippen molar-refractivity contribution in [2.45, 2.75) is 6.42 Å². The van der Waals surface area contributed by atoms with E-state index >= 15 is 0 Å². The van der Waals surface area contributed by atoms with E-state index in [1.54, 1.807) is 24.3 Å². The molecular formula is C17H16Cl2FN3O. The molecule has 0 radical (unpaired) electrons. The van der Waals surface area contributed by atoms with Gasteiger partial charge in [-0.3, -0.25) is 0 Å². The zero-order valence-corrected chi connectivity index (χ0v) is 14.3. The van der Waals surface area contributed by atoms with Crippen LogP contribution >= 0.6 is 23.2 Å². The summed E-state index contributed by atoms with van der Waals surface area (Å²) in [4.78, 5) is 14.0. The molecule has 24 heavy (non-hydrogen) atoms. The Bertz CT molecular complexity index is 769. The molecule has 2 amide bonds. The van der Waals surface area contributed by atoms with Crippen LogP contribution in [0.5, 0.6) is 0 Å². The lowest BCUT2D eigenvalue weighted by atomic mass is 10.1. The lowest BCUT2D eigenvalue weighted by Crippen LogP contribution is -2.36. The zero-order valence-electron chi connectivity index (χ0n) is 12.8. The minimum Gasteiger partial charge on any atom is -0.369 e. The average molecular weight is 368 g/mol. The van der Waals surface area contributed by atoms with Crippen LogP contribution in [0, 0.1) is 5.82 Å². The molecule has 1 heterocycles. The quantitative estimate of drug-likeness (QED) is 0.845. The highest BCUT2D eigenvalue weighted by Crippen LogP contribution is 2.30. The summed E-state index contributed by atoms with van der Waals surface area (Å²) in [5.74, 6) is -0.170. The molecule has 3 rings (SSSR count). The van der Waals surface area contributed by atoms with Crippen molar-refractivity contribution in [3.63, 3.8) is 0 Å². The van der Waals surface area contributed by atoms with Crippen molar-refractivity contribution in [1.29, 1.82) is 0 Å². The summed E-state index contributed by atoms with van der Waals surface area (Å²) in [6.45, 7) is 1.78. The number of benzene rings is 2. The molecule has 1 aliphatic heterocycles. The van der Waals surface area contributed by atoms with Gasteiger partial charge in [-0.05, 0) is 30.7 Å². The van der Waals surface area contributed by atoms with Gasteiger partial charge in [0.2, 0.25) is 0 Å². The minimum absolute atomic E-state index is 0.170. The molecule has 0 aromatic heterocycles. The summed E-state index contributed by atoms with van der Waals surface area (Å²) < 4.78 is 13.7. The number of carbonyl (C=O) groups excluding carboxylic acids is 1.